The van der Waals surface area contributed by atoms with Crippen molar-refractivity contribution >= 4 is 5.69 Å². The lowest BCUT2D eigenvalue weighted by Crippen LogP contribution is -2.38. The summed E-state index contributed by atoms with van der Waals surface area (Å²) in [4.78, 5) is 4.29. The Morgan fingerprint density at radius 3 is 2.58 bits per heavy atom. The Hall–Kier alpha value is -1.13. The van der Waals surface area contributed by atoms with Gasteiger partial charge in [-0.2, -0.15) is 0 Å². The molecule has 1 heterocycles. The summed E-state index contributed by atoms with van der Waals surface area (Å²) in [5.74, 6) is 0.466. The fourth-order valence-electron chi connectivity index (χ4n) is 2.90. The predicted molar refractivity (Wildman–Crippen MR) is 75.8 cm³/mol. The van der Waals surface area contributed by atoms with Crippen molar-refractivity contribution in [2.45, 2.75) is 19.4 Å². The van der Waals surface area contributed by atoms with E-state index < -0.39 is 0 Å². The van der Waals surface area contributed by atoms with Crippen LogP contribution in [0.25, 0.3) is 0 Å². The summed E-state index contributed by atoms with van der Waals surface area (Å²) < 4.78 is 14.0. The molecule has 0 amide bonds. The zero-order valence-corrected chi connectivity index (χ0v) is 11.8. The first kappa shape index (κ1) is 14.3. The van der Waals surface area contributed by atoms with Gasteiger partial charge in [-0.25, -0.2) is 4.39 Å². The number of anilines is 1. The molecule has 0 spiro atoms. The molecule has 1 fully saturated rings. The molecule has 19 heavy (non-hydrogen) atoms. The van der Waals surface area contributed by atoms with Crippen molar-refractivity contribution in [1.82, 2.24) is 4.90 Å². The Labute approximate surface area is 114 Å². The Bertz CT molecular complexity index is 415. The van der Waals surface area contributed by atoms with Gasteiger partial charge in [-0.15, -0.1) is 0 Å². The van der Waals surface area contributed by atoms with Crippen molar-refractivity contribution in [2.24, 2.45) is 5.92 Å². The molecular formula is C15H23FN2O. The van der Waals surface area contributed by atoms with Crippen LogP contribution in [0.15, 0.2) is 18.2 Å². The fourth-order valence-corrected chi connectivity index (χ4v) is 2.90. The summed E-state index contributed by atoms with van der Waals surface area (Å²) in [7, 11) is 4.18. The molecule has 3 nitrogen and oxygen atoms in total. The number of hydrogen-bond acceptors (Lipinski definition) is 3. The number of halogens is 1. The first-order valence-electron chi connectivity index (χ1n) is 6.89. The minimum Gasteiger partial charge on any atom is -0.392 e. The number of aliphatic hydroxyl groups is 1. The maximum atomic E-state index is 14.0. The molecule has 0 aliphatic carbocycles. The molecule has 0 bridgehead atoms. The monoisotopic (exact) mass is 266 g/mol. The molecule has 1 aromatic carbocycles. The summed E-state index contributed by atoms with van der Waals surface area (Å²) in [6, 6.07) is 4.92. The van der Waals surface area contributed by atoms with Gasteiger partial charge in [0, 0.05) is 25.2 Å². The topological polar surface area (TPSA) is 26.7 Å². The second kappa shape index (κ2) is 6.35. The Kier molecular flexibility index (Phi) is 4.77. The molecule has 1 N–H and O–H groups in total. The summed E-state index contributed by atoms with van der Waals surface area (Å²) in [5.41, 5.74) is 1.28. The van der Waals surface area contributed by atoms with Crippen LogP contribution in [0.2, 0.25) is 0 Å². The maximum Gasteiger partial charge on any atom is 0.146 e. The summed E-state index contributed by atoms with van der Waals surface area (Å²) >= 11 is 0. The van der Waals surface area contributed by atoms with E-state index in [0.717, 1.165) is 32.5 Å². The van der Waals surface area contributed by atoms with Crippen LogP contribution in [0.5, 0.6) is 0 Å². The lowest BCUT2D eigenvalue weighted by atomic mass is 9.95. The van der Waals surface area contributed by atoms with Crippen LogP contribution >= 0.6 is 0 Å². The van der Waals surface area contributed by atoms with Gasteiger partial charge >= 0.3 is 0 Å². The van der Waals surface area contributed by atoms with E-state index in [1.54, 1.807) is 12.1 Å². The van der Waals surface area contributed by atoms with Crippen molar-refractivity contribution in [2.75, 3.05) is 38.6 Å². The Balaban J connectivity index is 2.05. The van der Waals surface area contributed by atoms with Gasteiger partial charge < -0.3 is 14.9 Å². The van der Waals surface area contributed by atoms with Crippen molar-refractivity contribution in [3.8, 4) is 0 Å². The highest BCUT2D eigenvalue weighted by molar-refractivity contribution is 5.55. The van der Waals surface area contributed by atoms with E-state index in [4.69, 9.17) is 0 Å². The number of rotatable bonds is 4. The van der Waals surface area contributed by atoms with E-state index in [9.17, 15) is 9.50 Å². The fraction of sp³-hybridized carbons (Fsp3) is 0.600. The third kappa shape index (κ3) is 3.45. The zero-order chi connectivity index (χ0) is 13.8. The molecule has 0 unspecified atom stereocenters. The third-order valence-electron chi connectivity index (χ3n) is 3.79. The lowest BCUT2D eigenvalue weighted by Gasteiger charge is -2.35. The molecule has 2 rings (SSSR count). The van der Waals surface area contributed by atoms with Crippen LogP contribution in [0.3, 0.4) is 0 Å². The quantitative estimate of drug-likeness (QED) is 0.904. The average molecular weight is 266 g/mol. The molecule has 1 aliphatic rings. The van der Waals surface area contributed by atoms with Gasteiger partial charge in [0.15, 0.2) is 0 Å². The van der Waals surface area contributed by atoms with Gasteiger partial charge in [-0.3, -0.25) is 0 Å². The lowest BCUT2D eigenvalue weighted by molar-refractivity contribution is 0.276. The molecule has 0 radical (unpaired) electrons. The van der Waals surface area contributed by atoms with Crippen LogP contribution < -0.4 is 4.90 Å². The Morgan fingerprint density at radius 2 is 2.00 bits per heavy atom. The van der Waals surface area contributed by atoms with E-state index in [2.05, 4.69) is 23.9 Å². The minimum absolute atomic E-state index is 0.106. The highest BCUT2D eigenvalue weighted by atomic mass is 19.1. The number of hydrogen-bond donors (Lipinski definition) is 1. The molecule has 0 aromatic heterocycles. The Morgan fingerprint density at radius 1 is 1.32 bits per heavy atom. The van der Waals surface area contributed by atoms with Crippen LogP contribution in [-0.4, -0.2) is 43.7 Å². The van der Waals surface area contributed by atoms with Crippen molar-refractivity contribution in [3.05, 3.63) is 29.6 Å². The molecule has 0 atom stereocenters. The highest BCUT2D eigenvalue weighted by Gasteiger charge is 2.23. The largest absolute Gasteiger partial charge is 0.392 e. The first-order chi connectivity index (χ1) is 9.11. The average Bonchev–Trinajstić information content (AvgIpc) is 2.39. The second-order valence-corrected chi connectivity index (χ2v) is 5.60. The SMILES string of the molecule is CN(C)CC1CCN(c2c(F)cccc2CO)CC1. The summed E-state index contributed by atoms with van der Waals surface area (Å²) in [6.07, 6.45) is 2.16. The molecule has 1 aliphatic heterocycles. The molecule has 0 saturated carbocycles. The maximum absolute atomic E-state index is 14.0. The van der Waals surface area contributed by atoms with Gasteiger partial charge in [-0.05, 0) is 38.9 Å². The number of nitrogens with zero attached hydrogens (tertiary/aromatic N) is 2. The van der Waals surface area contributed by atoms with Crippen LogP contribution in [0, 0.1) is 11.7 Å². The van der Waals surface area contributed by atoms with Gasteiger partial charge in [0.25, 0.3) is 0 Å². The van der Waals surface area contributed by atoms with Crippen LogP contribution in [0.4, 0.5) is 10.1 Å². The number of para-hydroxylation sites is 1. The van der Waals surface area contributed by atoms with Crippen LogP contribution in [0.1, 0.15) is 18.4 Å². The van der Waals surface area contributed by atoms with E-state index in [-0.39, 0.29) is 12.4 Å². The van der Waals surface area contributed by atoms with Crippen LogP contribution in [-0.2, 0) is 6.61 Å². The number of benzene rings is 1. The van der Waals surface area contributed by atoms with Crippen molar-refractivity contribution in [3.63, 3.8) is 0 Å². The standard InChI is InChI=1S/C15H23FN2O/c1-17(2)10-12-6-8-18(9-7-12)15-13(11-19)4-3-5-14(15)16/h3-5,12,19H,6-11H2,1-2H3. The van der Waals surface area contributed by atoms with Gasteiger partial charge in [0.1, 0.15) is 5.82 Å². The minimum atomic E-state index is -0.224. The number of aliphatic hydroxyl groups excluding tert-OH is 1. The van der Waals surface area contributed by atoms with Crippen molar-refractivity contribution in [1.29, 1.82) is 0 Å². The van der Waals surface area contributed by atoms with E-state index in [1.807, 2.05) is 0 Å². The summed E-state index contributed by atoms with van der Waals surface area (Å²) in [6.45, 7) is 2.72. The normalized spacial score (nSPS) is 17.2. The summed E-state index contributed by atoms with van der Waals surface area (Å²) in [5, 5.41) is 9.34. The molecule has 1 aromatic rings. The number of piperidine rings is 1. The molecular weight excluding hydrogens is 243 g/mol. The van der Waals surface area contributed by atoms with Crippen molar-refractivity contribution < 1.29 is 9.50 Å². The molecule has 106 valence electrons. The zero-order valence-electron chi connectivity index (χ0n) is 11.8. The first-order valence-corrected chi connectivity index (χ1v) is 6.89. The highest BCUT2D eigenvalue weighted by Crippen LogP contribution is 2.29. The smallest absolute Gasteiger partial charge is 0.146 e. The third-order valence-corrected chi connectivity index (χ3v) is 3.79. The second-order valence-electron chi connectivity index (χ2n) is 5.60. The van der Waals surface area contributed by atoms with Gasteiger partial charge in [0.05, 0.1) is 12.3 Å². The molecule has 4 heteroatoms. The predicted octanol–water partition coefficient (Wildman–Crippen LogP) is 2.10. The molecule has 1 saturated heterocycles. The van der Waals surface area contributed by atoms with E-state index in [0.29, 0.717) is 17.2 Å². The van der Waals surface area contributed by atoms with Gasteiger partial charge in [0.2, 0.25) is 0 Å². The van der Waals surface area contributed by atoms with Gasteiger partial charge in [-0.1, -0.05) is 12.1 Å². The van der Waals surface area contributed by atoms with E-state index >= 15 is 0 Å². The van der Waals surface area contributed by atoms with E-state index in [1.165, 1.54) is 6.07 Å².